The Kier molecular flexibility index (Phi) is 4.59. The summed E-state index contributed by atoms with van der Waals surface area (Å²) >= 11 is 8.51. The highest BCUT2D eigenvalue weighted by atomic mass is 79.9. The standard InChI is InChI=1S/C13H17BrN2OS/c1-17-12-4-2-3-11(12)16-10-6-5-8(13(15)18)7-9(10)14/h5-7,11-12,16H,2-4H2,1H3,(H2,15,18). The Morgan fingerprint density at radius 2 is 2.28 bits per heavy atom. The second-order valence-corrected chi connectivity index (χ2v) is 5.81. The summed E-state index contributed by atoms with van der Waals surface area (Å²) in [5.74, 6) is 0. The van der Waals surface area contributed by atoms with Gasteiger partial charge in [0.2, 0.25) is 0 Å². The SMILES string of the molecule is COC1CCCC1Nc1ccc(C(N)=S)cc1Br. The molecule has 0 saturated heterocycles. The van der Waals surface area contributed by atoms with Crippen LogP contribution in [0.4, 0.5) is 5.69 Å². The van der Waals surface area contributed by atoms with Gasteiger partial charge in [-0.25, -0.2) is 0 Å². The van der Waals surface area contributed by atoms with Crippen LogP contribution in [0.25, 0.3) is 0 Å². The van der Waals surface area contributed by atoms with Gasteiger partial charge in [0.25, 0.3) is 0 Å². The zero-order valence-corrected chi connectivity index (χ0v) is 12.7. The third-order valence-corrected chi connectivity index (χ3v) is 4.24. The number of ether oxygens (including phenoxy) is 1. The fourth-order valence-corrected chi connectivity index (χ4v) is 2.98. The summed E-state index contributed by atoms with van der Waals surface area (Å²) in [4.78, 5) is 0.415. The number of nitrogens with one attached hydrogen (secondary N) is 1. The Labute approximate surface area is 121 Å². The van der Waals surface area contributed by atoms with Crippen LogP contribution >= 0.6 is 28.1 Å². The third-order valence-electron chi connectivity index (χ3n) is 3.35. The van der Waals surface area contributed by atoms with Crippen LogP contribution in [0.15, 0.2) is 22.7 Å². The lowest BCUT2D eigenvalue weighted by Crippen LogP contribution is -2.29. The van der Waals surface area contributed by atoms with Gasteiger partial charge in [-0.3, -0.25) is 0 Å². The minimum Gasteiger partial charge on any atom is -0.389 e. The first-order chi connectivity index (χ1) is 8.61. The molecule has 0 heterocycles. The quantitative estimate of drug-likeness (QED) is 0.834. The molecule has 0 spiro atoms. The van der Waals surface area contributed by atoms with Gasteiger partial charge < -0.3 is 15.8 Å². The zero-order chi connectivity index (χ0) is 13.1. The largest absolute Gasteiger partial charge is 0.389 e. The molecule has 1 fully saturated rings. The van der Waals surface area contributed by atoms with E-state index in [-0.39, 0.29) is 0 Å². The predicted molar refractivity (Wildman–Crippen MR) is 82.1 cm³/mol. The van der Waals surface area contributed by atoms with Crippen molar-refractivity contribution in [2.75, 3.05) is 12.4 Å². The van der Waals surface area contributed by atoms with Gasteiger partial charge in [0.1, 0.15) is 4.99 Å². The summed E-state index contributed by atoms with van der Waals surface area (Å²) < 4.78 is 6.46. The van der Waals surface area contributed by atoms with Gasteiger partial charge in [0.05, 0.1) is 12.1 Å². The number of anilines is 1. The van der Waals surface area contributed by atoms with Gasteiger partial charge in [-0.05, 0) is 53.4 Å². The molecule has 1 aliphatic rings. The van der Waals surface area contributed by atoms with E-state index in [0.717, 1.165) is 28.6 Å². The first-order valence-electron chi connectivity index (χ1n) is 6.00. The van der Waals surface area contributed by atoms with Crippen molar-refractivity contribution in [1.82, 2.24) is 0 Å². The molecule has 18 heavy (non-hydrogen) atoms. The summed E-state index contributed by atoms with van der Waals surface area (Å²) in [6, 6.07) is 6.26. The number of halogens is 1. The maximum absolute atomic E-state index is 5.61. The molecule has 1 saturated carbocycles. The summed E-state index contributed by atoms with van der Waals surface area (Å²) in [6.45, 7) is 0. The van der Waals surface area contributed by atoms with Gasteiger partial charge >= 0.3 is 0 Å². The maximum atomic E-state index is 5.61. The van der Waals surface area contributed by atoms with E-state index in [4.69, 9.17) is 22.7 Å². The lowest BCUT2D eigenvalue weighted by atomic mass is 10.1. The molecule has 0 amide bonds. The minimum atomic E-state index is 0.298. The Morgan fingerprint density at radius 3 is 2.89 bits per heavy atom. The van der Waals surface area contributed by atoms with E-state index in [9.17, 15) is 0 Å². The third kappa shape index (κ3) is 3.02. The van der Waals surface area contributed by atoms with Gasteiger partial charge in [-0.2, -0.15) is 0 Å². The second kappa shape index (κ2) is 5.99. The molecule has 1 aliphatic carbocycles. The summed E-state index contributed by atoms with van der Waals surface area (Å²) in [6.07, 6.45) is 3.77. The van der Waals surface area contributed by atoms with Crippen LogP contribution in [-0.2, 0) is 4.74 Å². The fraction of sp³-hybridized carbons (Fsp3) is 0.462. The van der Waals surface area contributed by atoms with Crippen LogP contribution in [0.1, 0.15) is 24.8 Å². The molecule has 0 aromatic heterocycles. The molecule has 3 N–H and O–H groups in total. The van der Waals surface area contributed by atoms with Crippen molar-refractivity contribution in [2.45, 2.75) is 31.4 Å². The van der Waals surface area contributed by atoms with Crippen molar-refractivity contribution in [2.24, 2.45) is 5.73 Å². The average Bonchev–Trinajstić information content (AvgIpc) is 2.78. The van der Waals surface area contributed by atoms with Crippen molar-refractivity contribution in [3.8, 4) is 0 Å². The molecular weight excluding hydrogens is 312 g/mol. The monoisotopic (exact) mass is 328 g/mol. The van der Waals surface area contributed by atoms with Crippen LogP contribution < -0.4 is 11.1 Å². The number of rotatable bonds is 4. The number of thiocarbonyl (C=S) groups is 1. The number of methoxy groups -OCH3 is 1. The molecule has 1 aromatic carbocycles. The smallest absolute Gasteiger partial charge is 0.104 e. The first kappa shape index (κ1) is 13.8. The Morgan fingerprint density at radius 1 is 1.50 bits per heavy atom. The highest BCUT2D eigenvalue weighted by Crippen LogP contribution is 2.29. The fourth-order valence-electron chi connectivity index (χ4n) is 2.36. The van der Waals surface area contributed by atoms with Crippen LogP contribution in [0.2, 0.25) is 0 Å². The number of nitrogens with two attached hydrogens (primary N) is 1. The molecule has 1 aromatic rings. The van der Waals surface area contributed by atoms with Gasteiger partial charge in [0, 0.05) is 22.8 Å². The van der Waals surface area contributed by atoms with Crippen LogP contribution in [0, 0.1) is 0 Å². The molecule has 0 aliphatic heterocycles. The van der Waals surface area contributed by atoms with Crippen molar-refractivity contribution >= 4 is 38.8 Å². The average molecular weight is 329 g/mol. The molecule has 3 nitrogen and oxygen atoms in total. The molecule has 2 unspecified atom stereocenters. The second-order valence-electron chi connectivity index (χ2n) is 4.51. The number of hydrogen-bond donors (Lipinski definition) is 2. The lowest BCUT2D eigenvalue weighted by molar-refractivity contribution is 0.101. The Hall–Kier alpha value is -0.650. The molecule has 0 radical (unpaired) electrons. The Bertz CT molecular complexity index is 453. The minimum absolute atomic E-state index is 0.298. The van der Waals surface area contributed by atoms with E-state index in [0.29, 0.717) is 17.1 Å². The lowest BCUT2D eigenvalue weighted by Gasteiger charge is -2.21. The van der Waals surface area contributed by atoms with E-state index in [2.05, 4.69) is 21.2 Å². The summed E-state index contributed by atoms with van der Waals surface area (Å²) in [5, 5.41) is 3.52. The highest BCUT2D eigenvalue weighted by molar-refractivity contribution is 9.10. The number of hydrogen-bond acceptors (Lipinski definition) is 3. The normalized spacial score (nSPS) is 23.0. The van der Waals surface area contributed by atoms with Crippen molar-refractivity contribution in [1.29, 1.82) is 0 Å². The predicted octanol–water partition coefficient (Wildman–Crippen LogP) is 3.06. The molecule has 2 rings (SSSR count). The van der Waals surface area contributed by atoms with Crippen molar-refractivity contribution in [3.63, 3.8) is 0 Å². The van der Waals surface area contributed by atoms with Crippen LogP contribution in [0.5, 0.6) is 0 Å². The van der Waals surface area contributed by atoms with Gasteiger partial charge in [-0.1, -0.05) is 12.2 Å². The highest BCUT2D eigenvalue weighted by Gasteiger charge is 2.27. The molecule has 5 heteroatoms. The van der Waals surface area contributed by atoms with E-state index >= 15 is 0 Å². The van der Waals surface area contributed by atoms with E-state index in [1.807, 2.05) is 18.2 Å². The molecule has 0 bridgehead atoms. The maximum Gasteiger partial charge on any atom is 0.104 e. The topological polar surface area (TPSA) is 47.3 Å². The van der Waals surface area contributed by atoms with Crippen molar-refractivity contribution < 1.29 is 4.74 Å². The van der Waals surface area contributed by atoms with Crippen LogP contribution in [-0.4, -0.2) is 24.2 Å². The molecule has 2 atom stereocenters. The Balaban J connectivity index is 2.12. The van der Waals surface area contributed by atoms with Gasteiger partial charge in [0.15, 0.2) is 0 Å². The summed E-state index contributed by atoms with van der Waals surface area (Å²) in [5.41, 5.74) is 7.54. The molecule has 98 valence electrons. The molecular formula is C13H17BrN2OS. The van der Waals surface area contributed by atoms with E-state index in [1.54, 1.807) is 7.11 Å². The number of benzene rings is 1. The van der Waals surface area contributed by atoms with E-state index in [1.165, 1.54) is 6.42 Å². The van der Waals surface area contributed by atoms with Crippen LogP contribution in [0.3, 0.4) is 0 Å². The van der Waals surface area contributed by atoms with Gasteiger partial charge in [-0.15, -0.1) is 0 Å². The van der Waals surface area contributed by atoms with E-state index < -0.39 is 0 Å². The van der Waals surface area contributed by atoms with Crippen molar-refractivity contribution in [3.05, 3.63) is 28.2 Å². The zero-order valence-electron chi connectivity index (χ0n) is 10.3. The summed E-state index contributed by atoms with van der Waals surface area (Å²) in [7, 11) is 1.77. The first-order valence-corrected chi connectivity index (χ1v) is 7.20.